The van der Waals surface area contributed by atoms with Gasteiger partial charge in [0.1, 0.15) is 11.3 Å². The minimum absolute atomic E-state index is 0.661. The summed E-state index contributed by atoms with van der Waals surface area (Å²) in [7, 11) is 0. The molecule has 0 radical (unpaired) electrons. The molecule has 0 saturated heterocycles. The number of rotatable bonds is 2. The van der Waals surface area contributed by atoms with E-state index in [1.165, 1.54) is 0 Å². The Balaban J connectivity index is 1.83. The topological polar surface area (TPSA) is 68.0 Å². The molecule has 0 bridgehead atoms. The number of imidazole rings is 1. The SMILES string of the molecule is Clc1cccc(Nc2nc3c(nc4cnccn43)c3ccncc23)c1. The fourth-order valence-corrected chi connectivity index (χ4v) is 3.13. The Kier molecular flexibility index (Phi) is 3.05. The van der Waals surface area contributed by atoms with Crippen LogP contribution in [0.15, 0.2) is 61.3 Å². The zero-order valence-corrected chi connectivity index (χ0v) is 13.6. The predicted molar refractivity (Wildman–Crippen MR) is 98.3 cm³/mol. The number of anilines is 2. The van der Waals surface area contributed by atoms with Crippen molar-refractivity contribution >= 4 is 50.7 Å². The summed E-state index contributed by atoms with van der Waals surface area (Å²) < 4.78 is 1.92. The van der Waals surface area contributed by atoms with Gasteiger partial charge in [0.05, 0.1) is 6.20 Å². The van der Waals surface area contributed by atoms with Crippen molar-refractivity contribution in [1.29, 1.82) is 0 Å². The van der Waals surface area contributed by atoms with Crippen molar-refractivity contribution in [3.8, 4) is 0 Å². The zero-order valence-electron chi connectivity index (χ0n) is 12.9. The Hall–Kier alpha value is -3.25. The van der Waals surface area contributed by atoms with Crippen molar-refractivity contribution in [3.63, 3.8) is 0 Å². The standard InChI is InChI=1S/C18H11ClN6/c19-11-2-1-3-12(8-11)22-17-14-9-20-5-4-13(14)16-18(24-17)25-7-6-21-10-15(25)23-16/h1-10H,(H,22,24). The highest BCUT2D eigenvalue weighted by molar-refractivity contribution is 6.30. The predicted octanol–water partition coefficient (Wildman–Crippen LogP) is 4.22. The van der Waals surface area contributed by atoms with Crippen LogP contribution in [0.2, 0.25) is 5.02 Å². The fraction of sp³-hybridized carbons (Fsp3) is 0. The second-order valence-electron chi connectivity index (χ2n) is 5.61. The third-order valence-corrected chi connectivity index (χ3v) is 4.28. The number of hydrogen-bond acceptors (Lipinski definition) is 5. The highest BCUT2D eigenvalue weighted by Crippen LogP contribution is 2.30. The molecule has 0 unspecified atom stereocenters. The van der Waals surface area contributed by atoms with Gasteiger partial charge in [0, 0.05) is 46.3 Å². The molecule has 5 aromatic rings. The van der Waals surface area contributed by atoms with Crippen molar-refractivity contribution < 1.29 is 0 Å². The smallest absolute Gasteiger partial charge is 0.167 e. The van der Waals surface area contributed by atoms with Gasteiger partial charge in [-0.05, 0) is 24.3 Å². The summed E-state index contributed by atoms with van der Waals surface area (Å²) in [6.45, 7) is 0. The summed E-state index contributed by atoms with van der Waals surface area (Å²) in [5.41, 5.74) is 3.20. The molecule has 25 heavy (non-hydrogen) atoms. The third-order valence-electron chi connectivity index (χ3n) is 4.04. The molecular formula is C18H11ClN6. The van der Waals surface area contributed by atoms with Crippen LogP contribution in [-0.4, -0.2) is 24.3 Å². The van der Waals surface area contributed by atoms with Crippen LogP contribution in [0.4, 0.5) is 11.5 Å². The van der Waals surface area contributed by atoms with Crippen LogP contribution in [0, 0.1) is 0 Å². The van der Waals surface area contributed by atoms with Gasteiger partial charge < -0.3 is 5.32 Å². The Morgan fingerprint density at radius 3 is 2.80 bits per heavy atom. The normalized spacial score (nSPS) is 11.4. The lowest BCUT2D eigenvalue weighted by Crippen LogP contribution is -1.97. The number of pyridine rings is 2. The maximum Gasteiger partial charge on any atom is 0.167 e. The van der Waals surface area contributed by atoms with Gasteiger partial charge in [-0.25, -0.2) is 9.97 Å². The van der Waals surface area contributed by atoms with E-state index in [0.29, 0.717) is 10.8 Å². The van der Waals surface area contributed by atoms with Crippen LogP contribution >= 0.6 is 11.6 Å². The molecule has 7 heteroatoms. The average molecular weight is 347 g/mol. The largest absolute Gasteiger partial charge is 0.340 e. The Morgan fingerprint density at radius 1 is 0.960 bits per heavy atom. The Labute approximate surface area is 147 Å². The van der Waals surface area contributed by atoms with Gasteiger partial charge in [-0.1, -0.05) is 17.7 Å². The van der Waals surface area contributed by atoms with Crippen LogP contribution in [-0.2, 0) is 0 Å². The van der Waals surface area contributed by atoms with E-state index in [-0.39, 0.29) is 0 Å². The number of aromatic nitrogens is 5. The van der Waals surface area contributed by atoms with E-state index in [1.807, 2.05) is 40.9 Å². The lowest BCUT2D eigenvalue weighted by Gasteiger charge is -2.09. The lowest BCUT2D eigenvalue weighted by molar-refractivity contribution is 1.13. The van der Waals surface area contributed by atoms with Gasteiger partial charge in [-0.2, -0.15) is 0 Å². The first-order chi connectivity index (χ1) is 12.3. The first kappa shape index (κ1) is 14.1. The van der Waals surface area contributed by atoms with Crippen molar-refractivity contribution in [2.24, 2.45) is 0 Å². The van der Waals surface area contributed by atoms with E-state index >= 15 is 0 Å². The molecule has 0 amide bonds. The first-order valence-electron chi connectivity index (χ1n) is 7.68. The number of hydrogen-bond donors (Lipinski definition) is 1. The highest BCUT2D eigenvalue weighted by Gasteiger charge is 2.14. The van der Waals surface area contributed by atoms with Gasteiger partial charge in [-0.15, -0.1) is 0 Å². The van der Waals surface area contributed by atoms with Crippen molar-refractivity contribution in [1.82, 2.24) is 24.3 Å². The molecular weight excluding hydrogens is 336 g/mol. The lowest BCUT2D eigenvalue weighted by atomic mass is 10.2. The Morgan fingerprint density at radius 2 is 1.88 bits per heavy atom. The summed E-state index contributed by atoms with van der Waals surface area (Å²) in [5.74, 6) is 0.705. The molecule has 0 aliphatic rings. The van der Waals surface area contributed by atoms with E-state index in [2.05, 4.69) is 20.3 Å². The van der Waals surface area contributed by atoms with E-state index in [4.69, 9.17) is 16.6 Å². The molecule has 1 aromatic carbocycles. The van der Waals surface area contributed by atoms with Crippen molar-refractivity contribution in [2.75, 3.05) is 5.32 Å². The van der Waals surface area contributed by atoms with Crippen LogP contribution < -0.4 is 5.32 Å². The molecule has 0 fully saturated rings. The number of halogens is 1. The van der Waals surface area contributed by atoms with Crippen LogP contribution in [0.1, 0.15) is 0 Å². The van der Waals surface area contributed by atoms with Gasteiger partial charge in [0.25, 0.3) is 0 Å². The second-order valence-corrected chi connectivity index (χ2v) is 6.04. The average Bonchev–Trinajstić information content (AvgIpc) is 3.01. The van der Waals surface area contributed by atoms with Gasteiger partial charge in [0.15, 0.2) is 11.3 Å². The van der Waals surface area contributed by atoms with Crippen LogP contribution in [0.3, 0.4) is 0 Å². The summed E-state index contributed by atoms with van der Waals surface area (Å²) in [5, 5.41) is 5.88. The number of benzene rings is 1. The summed E-state index contributed by atoms with van der Waals surface area (Å²) in [4.78, 5) is 17.8. The minimum Gasteiger partial charge on any atom is -0.340 e. The van der Waals surface area contributed by atoms with Crippen LogP contribution in [0.25, 0.3) is 27.6 Å². The molecule has 4 heterocycles. The van der Waals surface area contributed by atoms with E-state index in [1.54, 1.807) is 24.8 Å². The van der Waals surface area contributed by atoms with Gasteiger partial charge >= 0.3 is 0 Å². The van der Waals surface area contributed by atoms with E-state index in [0.717, 1.165) is 33.3 Å². The first-order valence-corrected chi connectivity index (χ1v) is 8.05. The summed E-state index contributed by atoms with van der Waals surface area (Å²) in [6, 6.07) is 9.47. The van der Waals surface area contributed by atoms with Gasteiger partial charge in [0.2, 0.25) is 0 Å². The van der Waals surface area contributed by atoms with E-state index in [9.17, 15) is 0 Å². The molecule has 0 aliphatic heterocycles. The number of fused-ring (bicyclic) bond motifs is 5. The Bertz CT molecular complexity index is 1250. The summed E-state index contributed by atoms with van der Waals surface area (Å²) >= 11 is 6.09. The fourth-order valence-electron chi connectivity index (χ4n) is 2.94. The zero-order chi connectivity index (χ0) is 16.8. The minimum atomic E-state index is 0.661. The van der Waals surface area contributed by atoms with Crippen molar-refractivity contribution in [2.45, 2.75) is 0 Å². The molecule has 0 atom stereocenters. The molecule has 0 saturated carbocycles. The monoisotopic (exact) mass is 346 g/mol. The quantitative estimate of drug-likeness (QED) is 0.518. The molecule has 4 aromatic heterocycles. The molecule has 5 rings (SSSR count). The molecule has 0 spiro atoms. The maximum absolute atomic E-state index is 6.09. The molecule has 0 aliphatic carbocycles. The highest BCUT2D eigenvalue weighted by atomic mass is 35.5. The number of nitrogens with zero attached hydrogens (tertiary/aromatic N) is 5. The molecule has 120 valence electrons. The second kappa shape index (κ2) is 5.39. The molecule has 1 N–H and O–H groups in total. The van der Waals surface area contributed by atoms with Gasteiger partial charge in [-0.3, -0.25) is 14.4 Å². The number of nitrogens with one attached hydrogen (secondary N) is 1. The molecule has 6 nitrogen and oxygen atoms in total. The third kappa shape index (κ3) is 2.27. The maximum atomic E-state index is 6.09. The van der Waals surface area contributed by atoms with Crippen LogP contribution in [0.5, 0.6) is 0 Å². The van der Waals surface area contributed by atoms with E-state index < -0.39 is 0 Å². The van der Waals surface area contributed by atoms with Crippen molar-refractivity contribution in [3.05, 3.63) is 66.3 Å². The summed E-state index contributed by atoms with van der Waals surface area (Å²) in [6.07, 6.45) is 8.84.